The first-order chi connectivity index (χ1) is 13.2. The third kappa shape index (κ3) is 4.28. The highest BCUT2D eigenvalue weighted by Crippen LogP contribution is 2.28. The third-order valence-electron chi connectivity index (χ3n) is 5.65. The van der Waals surface area contributed by atoms with Gasteiger partial charge in [0.05, 0.1) is 0 Å². The number of halogens is 1. The predicted molar refractivity (Wildman–Crippen MR) is 110 cm³/mol. The molecule has 0 aromatic heterocycles. The van der Waals surface area contributed by atoms with Crippen molar-refractivity contribution in [2.75, 3.05) is 37.6 Å². The zero-order valence-electron chi connectivity index (χ0n) is 15.5. The number of piperidine rings is 1. The Labute approximate surface area is 166 Å². The lowest BCUT2D eigenvalue weighted by atomic mass is 9.97. The first kappa shape index (κ1) is 18.3. The Kier molecular flexibility index (Phi) is 5.65. The van der Waals surface area contributed by atoms with Gasteiger partial charge >= 0.3 is 0 Å². The number of hydrogen-bond acceptors (Lipinski definition) is 3. The van der Waals surface area contributed by atoms with Gasteiger partial charge in [-0.2, -0.15) is 0 Å². The molecule has 0 spiro atoms. The maximum atomic E-state index is 13.0. The summed E-state index contributed by atoms with van der Waals surface area (Å²) in [5.74, 6) is 0.794. The second-order valence-electron chi connectivity index (χ2n) is 7.50. The molecule has 1 fully saturated rings. The molecule has 2 aliphatic rings. The van der Waals surface area contributed by atoms with Gasteiger partial charge in [0.2, 0.25) is 0 Å². The van der Waals surface area contributed by atoms with Gasteiger partial charge in [-0.1, -0.05) is 29.8 Å². The number of hydrogen-bond donors (Lipinski definition) is 1. The fourth-order valence-corrected chi connectivity index (χ4v) is 4.24. The molecule has 142 valence electrons. The molecule has 2 aromatic rings. The molecule has 1 amide bonds. The zero-order chi connectivity index (χ0) is 18.6. The molecule has 0 unspecified atom stereocenters. The van der Waals surface area contributed by atoms with Crippen LogP contribution in [0.1, 0.15) is 28.8 Å². The van der Waals surface area contributed by atoms with E-state index in [0.29, 0.717) is 17.1 Å². The van der Waals surface area contributed by atoms with Crippen LogP contribution in [0.15, 0.2) is 48.5 Å². The Morgan fingerprint density at radius 1 is 1.04 bits per heavy atom. The normalized spacial score (nSPS) is 18.1. The largest absolute Gasteiger partial charge is 0.369 e. The molecule has 2 aromatic carbocycles. The summed E-state index contributed by atoms with van der Waals surface area (Å²) in [6.07, 6.45) is 2.46. The Hall–Kier alpha value is -2.04. The number of nitrogens with zero attached hydrogens (tertiary/aromatic N) is 2. The molecule has 2 heterocycles. The minimum absolute atomic E-state index is 0.0742. The van der Waals surface area contributed by atoms with Crippen LogP contribution in [0.5, 0.6) is 0 Å². The number of rotatable bonds is 3. The van der Waals surface area contributed by atoms with Crippen molar-refractivity contribution in [1.29, 1.82) is 0 Å². The number of fused-ring (bicyclic) bond motifs is 1. The summed E-state index contributed by atoms with van der Waals surface area (Å²) in [5.41, 5.74) is 3.21. The van der Waals surface area contributed by atoms with E-state index in [1.54, 1.807) is 12.1 Å². The second kappa shape index (κ2) is 8.32. The van der Waals surface area contributed by atoms with Crippen molar-refractivity contribution in [1.82, 2.24) is 10.2 Å². The highest BCUT2D eigenvalue weighted by Gasteiger charge is 2.25. The van der Waals surface area contributed by atoms with Crippen LogP contribution in [0, 0.1) is 5.92 Å². The van der Waals surface area contributed by atoms with E-state index >= 15 is 0 Å². The van der Waals surface area contributed by atoms with E-state index in [2.05, 4.69) is 34.5 Å². The summed E-state index contributed by atoms with van der Waals surface area (Å²) in [6, 6.07) is 15.7. The molecule has 1 saturated heterocycles. The van der Waals surface area contributed by atoms with Crippen LogP contribution in [-0.4, -0.2) is 43.5 Å². The van der Waals surface area contributed by atoms with Gasteiger partial charge in [0.15, 0.2) is 0 Å². The molecule has 27 heavy (non-hydrogen) atoms. The minimum atomic E-state index is 0.0742. The van der Waals surface area contributed by atoms with Crippen LogP contribution >= 0.6 is 11.6 Å². The zero-order valence-corrected chi connectivity index (χ0v) is 16.3. The van der Waals surface area contributed by atoms with E-state index in [4.69, 9.17) is 11.6 Å². The average Bonchev–Trinajstić information content (AvgIpc) is 2.89. The average molecular weight is 384 g/mol. The summed E-state index contributed by atoms with van der Waals surface area (Å²) in [6.45, 7) is 5.56. The van der Waals surface area contributed by atoms with E-state index in [9.17, 15) is 4.79 Å². The van der Waals surface area contributed by atoms with Crippen LogP contribution in [0.2, 0.25) is 5.02 Å². The van der Waals surface area contributed by atoms with E-state index in [0.717, 1.165) is 38.6 Å². The number of carbonyl (C=O) groups excluding carboxylic acids is 1. The van der Waals surface area contributed by atoms with E-state index in [-0.39, 0.29) is 5.91 Å². The van der Waals surface area contributed by atoms with Gasteiger partial charge in [-0.05, 0) is 67.7 Å². The molecule has 0 saturated carbocycles. The van der Waals surface area contributed by atoms with Gasteiger partial charge < -0.3 is 15.1 Å². The monoisotopic (exact) mass is 383 g/mol. The standard InChI is InChI=1S/C22H26ClN3O/c23-20-7-5-18(6-8-20)22(27)26-14-13-25(15-17-9-11-24-12-10-17)21-4-2-1-3-19(21)16-26/h1-8,17,24H,9-16H2. The minimum Gasteiger partial charge on any atom is -0.369 e. The molecule has 0 radical (unpaired) electrons. The highest BCUT2D eigenvalue weighted by molar-refractivity contribution is 6.30. The smallest absolute Gasteiger partial charge is 0.254 e. The third-order valence-corrected chi connectivity index (χ3v) is 5.90. The lowest BCUT2D eigenvalue weighted by Gasteiger charge is -2.31. The van der Waals surface area contributed by atoms with E-state index in [1.165, 1.54) is 24.1 Å². The molecule has 2 aliphatic heterocycles. The molecule has 0 aliphatic carbocycles. The van der Waals surface area contributed by atoms with Crippen molar-refractivity contribution < 1.29 is 4.79 Å². The summed E-state index contributed by atoms with van der Waals surface area (Å²) >= 11 is 5.97. The van der Waals surface area contributed by atoms with Gasteiger partial charge in [0.1, 0.15) is 0 Å². The quantitative estimate of drug-likeness (QED) is 0.875. The van der Waals surface area contributed by atoms with Gasteiger partial charge in [0, 0.05) is 42.5 Å². The van der Waals surface area contributed by atoms with Gasteiger partial charge in [0.25, 0.3) is 5.91 Å². The molecular formula is C22H26ClN3O. The fourth-order valence-electron chi connectivity index (χ4n) is 4.11. The SMILES string of the molecule is O=C(c1ccc(Cl)cc1)N1CCN(CC2CCNCC2)c2ccccc2C1. The van der Waals surface area contributed by atoms with Crippen LogP contribution in [0.25, 0.3) is 0 Å². The van der Waals surface area contributed by atoms with Crippen LogP contribution in [0.3, 0.4) is 0 Å². The van der Waals surface area contributed by atoms with Crippen molar-refractivity contribution in [3.63, 3.8) is 0 Å². The maximum absolute atomic E-state index is 13.0. The van der Waals surface area contributed by atoms with Crippen molar-refractivity contribution >= 4 is 23.2 Å². The summed E-state index contributed by atoms with van der Waals surface area (Å²) in [4.78, 5) is 17.5. The van der Waals surface area contributed by atoms with Crippen LogP contribution < -0.4 is 10.2 Å². The number of anilines is 1. The van der Waals surface area contributed by atoms with Crippen molar-refractivity contribution in [3.8, 4) is 0 Å². The van der Waals surface area contributed by atoms with Crippen LogP contribution in [0.4, 0.5) is 5.69 Å². The number of nitrogens with one attached hydrogen (secondary N) is 1. The number of carbonyl (C=O) groups is 1. The molecular weight excluding hydrogens is 358 g/mol. The summed E-state index contributed by atoms with van der Waals surface area (Å²) in [5, 5.41) is 4.10. The summed E-state index contributed by atoms with van der Waals surface area (Å²) < 4.78 is 0. The predicted octanol–water partition coefficient (Wildman–Crippen LogP) is 3.80. The van der Waals surface area contributed by atoms with Gasteiger partial charge in [-0.15, -0.1) is 0 Å². The number of benzene rings is 2. The van der Waals surface area contributed by atoms with Gasteiger partial charge in [-0.25, -0.2) is 0 Å². The molecule has 0 bridgehead atoms. The number of para-hydroxylation sites is 1. The number of amides is 1. The Morgan fingerprint density at radius 2 is 1.78 bits per heavy atom. The summed E-state index contributed by atoms with van der Waals surface area (Å²) in [7, 11) is 0. The highest BCUT2D eigenvalue weighted by atomic mass is 35.5. The Balaban J connectivity index is 1.54. The lowest BCUT2D eigenvalue weighted by molar-refractivity contribution is 0.0751. The molecule has 0 atom stereocenters. The first-order valence-corrected chi connectivity index (χ1v) is 10.2. The molecule has 1 N–H and O–H groups in total. The van der Waals surface area contributed by atoms with Gasteiger partial charge in [-0.3, -0.25) is 4.79 Å². The maximum Gasteiger partial charge on any atom is 0.254 e. The van der Waals surface area contributed by atoms with Crippen molar-refractivity contribution in [3.05, 3.63) is 64.7 Å². The van der Waals surface area contributed by atoms with E-state index in [1.807, 2.05) is 17.0 Å². The lowest BCUT2D eigenvalue weighted by Crippen LogP contribution is -2.39. The van der Waals surface area contributed by atoms with Crippen molar-refractivity contribution in [2.24, 2.45) is 5.92 Å². The molecule has 4 rings (SSSR count). The Morgan fingerprint density at radius 3 is 2.56 bits per heavy atom. The van der Waals surface area contributed by atoms with Crippen LogP contribution in [-0.2, 0) is 6.54 Å². The molecule has 5 heteroatoms. The Bertz CT molecular complexity index is 786. The van der Waals surface area contributed by atoms with Crippen molar-refractivity contribution in [2.45, 2.75) is 19.4 Å². The topological polar surface area (TPSA) is 35.6 Å². The fraction of sp³-hybridized carbons (Fsp3) is 0.409. The second-order valence-corrected chi connectivity index (χ2v) is 7.94. The first-order valence-electron chi connectivity index (χ1n) is 9.79. The molecule has 4 nitrogen and oxygen atoms in total. The van der Waals surface area contributed by atoms with E-state index < -0.39 is 0 Å².